The summed E-state index contributed by atoms with van der Waals surface area (Å²) in [6.45, 7) is 3.11. The molecule has 19 nitrogen and oxygen atoms in total. The van der Waals surface area contributed by atoms with Gasteiger partial charge in [-0.1, -0.05) is 0 Å². The zero-order valence-corrected chi connectivity index (χ0v) is 22.6. The van der Waals surface area contributed by atoms with Crippen molar-refractivity contribution in [1.82, 2.24) is 44.9 Å². The second kappa shape index (κ2) is 16.9. The predicted octanol–water partition coefficient (Wildman–Crippen LogP) is 0.272. The lowest BCUT2D eigenvalue weighted by molar-refractivity contribution is -0.132. The van der Waals surface area contributed by atoms with Crippen LogP contribution in [0, 0.1) is 0 Å². The quantitative estimate of drug-likeness (QED) is 0.0815. The molecule has 0 bridgehead atoms. The van der Waals surface area contributed by atoms with Gasteiger partial charge in [0.1, 0.15) is 0 Å². The Labute approximate surface area is 235 Å². The van der Waals surface area contributed by atoms with E-state index in [-0.39, 0.29) is 30.4 Å². The van der Waals surface area contributed by atoms with E-state index in [1.54, 1.807) is 0 Å². The molecule has 0 aliphatic carbocycles. The van der Waals surface area contributed by atoms with E-state index in [1.807, 2.05) is 0 Å². The Balaban J connectivity index is 1.29. The first kappa shape index (κ1) is 30.7. The normalized spacial score (nSPS) is 10.8. The molecule has 3 aromatic heterocycles. The zero-order chi connectivity index (χ0) is 29.3. The molecule has 0 saturated carbocycles. The number of unbranched alkanes of at least 4 members (excludes halogenated alkanes) is 3. The van der Waals surface area contributed by atoms with Crippen molar-refractivity contribution in [3.63, 3.8) is 0 Å². The molecule has 224 valence electrons. The summed E-state index contributed by atoms with van der Waals surface area (Å²) < 4.78 is 11.7. The number of nitrogens with two attached hydrogens (primary N) is 4. The van der Waals surface area contributed by atoms with Crippen LogP contribution in [0.4, 0.5) is 58.1 Å². The Morgan fingerprint density at radius 2 is 0.683 bits per heavy atom. The van der Waals surface area contributed by atoms with Crippen LogP contribution in [0.1, 0.15) is 38.5 Å². The van der Waals surface area contributed by atoms with Gasteiger partial charge in [-0.15, -0.1) is 0 Å². The fourth-order valence-electron chi connectivity index (χ4n) is 3.37. The van der Waals surface area contributed by atoms with Crippen LogP contribution >= 0.6 is 0 Å². The molecule has 0 saturated heterocycles. The smallest absolute Gasteiger partial charge is 0.229 e. The minimum atomic E-state index is 0.0545. The van der Waals surface area contributed by atoms with E-state index >= 15 is 0 Å². The average Bonchev–Trinajstić information content (AvgIpc) is 2.91. The SMILES string of the molecule is Nc1nc(N)nc(NCCCCNc2nc(N)nc(NCCCCNc3nc(N)nc(NCCCCOF)n3)n2)n1. The summed E-state index contributed by atoms with van der Waals surface area (Å²) in [5.41, 5.74) is 22.7. The lowest BCUT2D eigenvalue weighted by Gasteiger charge is -2.10. The minimum Gasteiger partial charge on any atom is -0.368 e. The summed E-state index contributed by atoms with van der Waals surface area (Å²) >= 11 is 0. The monoisotopic (exact) mass is 576 g/mol. The minimum absolute atomic E-state index is 0.0545. The van der Waals surface area contributed by atoms with Gasteiger partial charge in [0.25, 0.3) is 0 Å². The third kappa shape index (κ3) is 12.2. The maximum atomic E-state index is 11.7. The molecule has 3 rings (SSSR count). The molecule has 41 heavy (non-hydrogen) atoms. The number of hydrogen-bond donors (Lipinski definition) is 9. The van der Waals surface area contributed by atoms with E-state index in [0.717, 1.165) is 25.7 Å². The molecule has 13 N–H and O–H groups in total. The average molecular weight is 577 g/mol. The first-order valence-corrected chi connectivity index (χ1v) is 13.1. The van der Waals surface area contributed by atoms with E-state index in [1.165, 1.54) is 0 Å². The van der Waals surface area contributed by atoms with Crippen LogP contribution in [0.15, 0.2) is 0 Å². The third-order valence-corrected chi connectivity index (χ3v) is 5.25. The van der Waals surface area contributed by atoms with Crippen molar-refractivity contribution in [3.05, 3.63) is 0 Å². The molecular formula is C21H37FN18O. The number of hydrogen-bond acceptors (Lipinski definition) is 19. The maximum Gasteiger partial charge on any atom is 0.229 e. The van der Waals surface area contributed by atoms with Crippen LogP contribution in [-0.4, -0.2) is 84.2 Å². The van der Waals surface area contributed by atoms with Crippen LogP contribution < -0.4 is 49.5 Å². The lowest BCUT2D eigenvalue weighted by atomic mass is 10.3. The van der Waals surface area contributed by atoms with Crippen molar-refractivity contribution in [2.75, 3.05) is 88.8 Å². The summed E-state index contributed by atoms with van der Waals surface area (Å²) in [6, 6.07) is 0. The van der Waals surface area contributed by atoms with Gasteiger partial charge in [-0.25, -0.2) is 0 Å². The van der Waals surface area contributed by atoms with Gasteiger partial charge in [0.05, 0.1) is 6.61 Å². The van der Waals surface area contributed by atoms with Crippen LogP contribution in [0.25, 0.3) is 0 Å². The summed E-state index contributed by atoms with van der Waals surface area (Å²) in [4.78, 5) is 40.2. The van der Waals surface area contributed by atoms with Gasteiger partial charge >= 0.3 is 0 Å². The highest BCUT2D eigenvalue weighted by Crippen LogP contribution is 2.10. The van der Waals surface area contributed by atoms with Gasteiger partial charge in [-0.2, -0.15) is 49.8 Å². The van der Waals surface area contributed by atoms with Crippen molar-refractivity contribution in [2.24, 2.45) is 0 Å². The molecular weight excluding hydrogens is 539 g/mol. The van der Waals surface area contributed by atoms with E-state index < -0.39 is 0 Å². The molecule has 0 aliphatic heterocycles. The van der Waals surface area contributed by atoms with Gasteiger partial charge in [0, 0.05) is 32.7 Å². The Bertz CT molecular complexity index is 1180. The number of nitrogens with one attached hydrogen (secondary N) is 5. The van der Waals surface area contributed by atoms with Crippen LogP contribution in [0.2, 0.25) is 0 Å². The van der Waals surface area contributed by atoms with Crippen LogP contribution in [0.5, 0.6) is 0 Å². The van der Waals surface area contributed by atoms with Crippen molar-refractivity contribution in [3.8, 4) is 0 Å². The first-order valence-electron chi connectivity index (χ1n) is 13.1. The molecule has 0 unspecified atom stereocenters. The molecule has 3 aromatic rings. The van der Waals surface area contributed by atoms with Crippen LogP contribution in [-0.2, 0) is 4.94 Å². The number of aromatic nitrogens is 9. The van der Waals surface area contributed by atoms with Gasteiger partial charge in [-0.3, -0.25) is 0 Å². The highest BCUT2D eigenvalue weighted by Gasteiger charge is 2.06. The second-order valence-electron chi connectivity index (χ2n) is 8.63. The first-order chi connectivity index (χ1) is 19.9. The van der Waals surface area contributed by atoms with Crippen molar-refractivity contribution in [2.45, 2.75) is 38.5 Å². The summed E-state index contributed by atoms with van der Waals surface area (Å²) in [5.74, 6) is 2.20. The molecule has 0 amide bonds. The summed E-state index contributed by atoms with van der Waals surface area (Å²) in [5, 5.41) is 15.5. The number of nitrogens with zero attached hydrogens (tertiary/aromatic N) is 9. The Kier molecular flexibility index (Phi) is 12.7. The largest absolute Gasteiger partial charge is 0.368 e. The van der Waals surface area contributed by atoms with E-state index in [4.69, 9.17) is 22.9 Å². The maximum absolute atomic E-state index is 11.7. The molecule has 20 heteroatoms. The zero-order valence-electron chi connectivity index (χ0n) is 22.6. The molecule has 0 spiro atoms. The van der Waals surface area contributed by atoms with E-state index in [9.17, 15) is 4.53 Å². The van der Waals surface area contributed by atoms with Crippen molar-refractivity contribution in [1.29, 1.82) is 0 Å². The number of nitrogen functional groups attached to an aromatic ring is 4. The highest BCUT2D eigenvalue weighted by atomic mass is 19.3. The van der Waals surface area contributed by atoms with Crippen LogP contribution in [0.3, 0.4) is 0 Å². The van der Waals surface area contributed by atoms with E-state index in [0.29, 0.717) is 75.3 Å². The number of halogens is 1. The van der Waals surface area contributed by atoms with Crippen molar-refractivity contribution >= 4 is 53.5 Å². The predicted molar refractivity (Wildman–Crippen MR) is 154 cm³/mol. The standard InChI is InChI=1S/C21H37FN18O/c22-41-12-6-5-11-31-21-38-16(26)37-20(40-21)30-10-4-3-9-29-19-36-15(25)35-18(39-19)28-8-2-1-7-27-17-33-13(23)32-14(24)34-17/h1-12H2,(H5,23,24,27,32,33,34)(H4,25,28,29,35,36,39)(H4,26,30,31,37,38,40). The van der Waals surface area contributed by atoms with Gasteiger partial charge < -0.3 is 49.5 Å². The van der Waals surface area contributed by atoms with Crippen molar-refractivity contribution < 1.29 is 9.47 Å². The Hall–Kier alpha value is -4.88. The second-order valence-corrected chi connectivity index (χ2v) is 8.63. The van der Waals surface area contributed by atoms with Gasteiger partial charge in [0.15, 0.2) is 0 Å². The van der Waals surface area contributed by atoms with Gasteiger partial charge in [-0.05, 0) is 43.1 Å². The number of rotatable bonds is 20. The Morgan fingerprint density at radius 3 is 1.00 bits per heavy atom. The lowest BCUT2D eigenvalue weighted by Crippen LogP contribution is -2.15. The molecule has 0 aromatic carbocycles. The van der Waals surface area contributed by atoms with E-state index in [2.05, 4.69) is 76.4 Å². The topological polar surface area (TPSA) is 289 Å². The summed E-state index contributed by atoms with van der Waals surface area (Å²) in [7, 11) is 0. The van der Waals surface area contributed by atoms with Gasteiger partial charge in [0.2, 0.25) is 53.5 Å². The fraction of sp³-hybridized carbons (Fsp3) is 0.571. The fourth-order valence-corrected chi connectivity index (χ4v) is 3.37. The summed E-state index contributed by atoms with van der Waals surface area (Å²) in [6.07, 6.45) is 4.55. The molecule has 0 fully saturated rings. The molecule has 3 heterocycles. The highest BCUT2D eigenvalue weighted by molar-refractivity contribution is 5.41. The molecule has 0 radical (unpaired) electrons. The third-order valence-electron chi connectivity index (χ3n) is 5.25. The molecule has 0 atom stereocenters. The Morgan fingerprint density at radius 1 is 0.415 bits per heavy atom. The molecule has 0 aliphatic rings. The number of anilines is 9.